The average Bonchev–Trinajstić information content (AvgIpc) is 2.78. The summed E-state index contributed by atoms with van der Waals surface area (Å²) in [4.78, 5) is 13.0. The Balaban J connectivity index is 1.90. The van der Waals surface area contributed by atoms with E-state index < -0.39 is 28.5 Å². The number of methoxy groups -OCH3 is 1. The van der Waals surface area contributed by atoms with E-state index in [0.29, 0.717) is 5.75 Å². The molecule has 0 aliphatic carbocycles. The number of nitrogens with one attached hydrogen (secondary N) is 1. The summed E-state index contributed by atoms with van der Waals surface area (Å²) in [6.07, 6.45) is 0. The second-order valence-electron chi connectivity index (χ2n) is 6.81. The maximum absolute atomic E-state index is 13.3. The van der Waals surface area contributed by atoms with Gasteiger partial charge in [-0.15, -0.1) is 0 Å². The molecule has 0 heterocycles. The van der Waals surface area contributed by atoms with Gasteiger partial charge in [-0.1, -0.05) is 60.1 Å². The highest BCUT2D eigenvalue weighted by molar-refractivity contribution is 7.92. The zero-order valence-electron chi connectivity index (χ0n) is 17.2. The van der Waals surface area contributed by atoms with E-state index in [1.165, 1.54) is 12.1 Å². The Labute approximate surface area is 187 Å². The summed E-state index contributed by atoms with van der Waals surface area (Å²) < 4.78 is 33.1. The molecule has 6 nitrogen and oxygen atoms in total. The van der Waals surface area contributed by atoms with Gasteiger partial charge in [-0.2, -0.15) is 0 Å². The first-order valence-electron chi connectivity index (χ1n) is 9.59. The lowest BCUT2D eigenvalue weighted by molar-refractivity contribution is -0.120. The minimum Gasteiger partial charge on any atom is -0.496 e. The Morgan fingerprint density at radius 1 is 1.00 bits per heavy atom. The quantitative estimate of drug-likeness (QED) is 0.542. The fourth-order valence-electron chi connectivity index (χ4n) is 3.19. The molecule has 162 valence electrons. The SMILES string of the molecule is COc1ccccc1C(C)NC(=O)CN(c1ccccc1Cl)S(=O)(=O)c1ccccc1. The van der Waals surface area contributed by atoms with Crippen LogP contribution in [0.15, 0.2) is 83.8 Å². The van der Waals surface area contributed by atoms with Crippen molar-refractivity contribution in [3.05, 3.63) is 89.4 Å². The van der Waals surface area contributed by atoms with Crippen LogP contribution in [-0.2, 0) is 14.8 Å². The third-order valence-electron chi connectivity index (χ3n) is 4.72. The van der Waals surface area contributed by atoms with E-state index >= 15 is 0 Å². The highest BCUT2D eigenvalue weighted by Crippen LogP contribution is 2.30. The minimum atomic E-state index is -4.02. The summed E-state index contributed by atoms with van der Waals surface area (Å²) in [6, 6.07) is 21.4. The highest BCUT2D eigenvalue weighted by atomic mass is 35.5. The number of benzene rings is 3. The van der Waals surface area contributed by atoms with E-state index in [9.17, 15) is 13.2 Å². The number of anilines is 1. The molecular weight excluding hydrogens is 436 g/mol. The van der Waals surface area contributed by atoms with Crippen molar-refractivity contribution in [3.8, 4) is 5.75 Å². The predicted molar refractivity (Wildman–Crippen MR) is 122 cm³/mol. The van der Waals surface area contributed by atoms with Crippen LogP contribution in [0.3, 0.4) is 0 Å². The molecule has 0 saturated heterocycles. The molecule has 1 unspecified atom stereocenters. The van der Waals surface area contributed by atoms with Crippen molar-refractivity contribution in [3.63, 3.8) is 0 Å². The van der Waals surface area contributed by atoms with Crippen LogP contribution in [0, 0.1) is 0 Å². The van der Waals surface area contributed by atoms with Crippen LogP contribution in [0.4, 0.5) is 5.69 Å². The molecule has 3 rings (SSSR count). The van der Waals surface area contributed by atoms with E-state index in [2.05, 4.69) is 5.32 Å². The summed E-state index contributed by atoms with van der Waals surface area (Å²) >= 11 is 6.28. The van der Waals surface area contributed by atoms with Gasteiger partial charge in [0.15, 0.2) is 0 Å². The first kappa shape index (κ1) is 22.7. The van der Waals surface area contributed by atoms with Crippen LogP contribution < -0.4 is 14.4 Å². The molecule has 0 fully saturated rings. The van der Waals surface area contributed by atoms with E-state index in [1.54, 1.807) is 62.6 Å². The molecule has 0 radical (unpaired) electrons. The molecule has 31 heavy (non-hydrogen) atoms. The van der Waals surface area contributed by atoms with Gasteiger partial charge in [0.1, 0.15) is 12.3 Å². The lowest BCUT2D eigenvalue weighted by Crippen LogP contribution is -2.41. The number of nitrogens with zero attached hydrogens (tertiary/aromatic N) is 1. The van der Waals surface area contributed by atoms with Gasteiger partial charge in [-0.25, -0.2) is 8.42 Å². The molecule has 3 aromatic rings. The molecule has 0 aliphatic heterocycles. The zero-order chi connectivity index (χ0) is 22.4. The number of hydrogen-bond acceptors (Lipinski definition) is 4. The average molecular weight is 459 g/mol. The predicted octanol–water partition coefficient (Wildman–Crippen LogP) is 4.42. The van der Waals surface area contributed by atoms with Gasteiger partial charge >= 0.3 is 0 Å². The van der Waals surface area contributed by atoms with Crippen LogP contribution in [0.25, 0.3) is 0 Å². The highest BCUT2D eigenvalue weighted by Gasteiger charge is 2.29. The normalized spacial score (nSPS) is 12.1. The standard InChI is InChI=1S/C23H23ClN2O4S/c1-17(19-12-6-9-15-22(19)30-2)25-23(27)16-26(21-14-8-7-13-20(21)24)31(28,29)18-10-4-3-5-11-18/h3-15,17H,16H2,1-2H3,(H,25,27). The molecule has 0 aliphatic rings. The Morgan fingerprint density at radius 2 is 1.61 bits per heavy atom. The summed E-state index contributed by atoms with van der Waals surface area (Å²) in [7, 11) is -2.47. The third-order valence-corrected chi connectivity index (χ3v) is 6.82. The number of rotatable bonds is 8. The number of para-hydroxylation sites is 2. The van der Waals surface area contributed by atoms with Crippen molar-refractivity contribution in [2.24, 2.45) is 0 Å². The van der Waals surface area contributed by atoms with Crippen molar-refractivity contribution in [1.82, 2.24) is 5.32 Å². The first-order chi connectivity index (χ1) is 14.8. The van der Waals surface area contributed by atoms with E-state index in [-0.39, 0.29) is 15.6 Å². The first-order valence-corrected chi connectivity index (χ1v) is 11.4. The molecule has 8 heteroatoms. The van der Waals surface area contributed by atoms with Gasteiger partial charge in [-0.05, 0) is 37.3 Å². The molecule has 1 atom stereocenters. The Bertz CT molecular complexity index is 1150. The minimum absolute atomic E-state index is 0.0699. The van der Waals surface area contributed by atoms with Gasteiger partial charge in [0.2, 0.25) is 5.91 Å². The van der Waals surface area contributed by atoms with Crippen molar-refractivity contribution in [1.29, 1.82) is 0 Å². The fraction of sp³-hybridized carbons (Fsp3) is 0.174. The monoisotopic (exact) mass is 458 g/mol. The summed E-state index contributed by atoms with van der Waals surface area (Å²) in [5.41, 5.74) is 1.02. The van der Waals surface area contributed by atoms with Gasteiger partial charge in [-0.3, -0.25) is 9.10 Å². The van der Waals surface area contributed by atoms with Crippen LogP contribution in [0.2, 0.25) is 5.02 Å². The number of hydrogen-bond donors (Lipinski definition) is 1. The maximum Gasteiger partial charge on any atom is 0.264 e. The largest absolute Gasteiger partial charge is 0.496 e. The van der Waals surface area contributed by atoms with Crippen LogP contribution in [-0.4, -0.2) is 28.0 Å². The lowest BCUT2D eigenvalue weighted by Gasteiger charge is -2.26. The van der Waals surface area contributed by atoms with Gasteiger partial charge in [0.05, 0.1) is 28.8 Å². The second kappa shape index (κ2) is 9.85. The third kappa shape index (κ3) is 5.18. The molecule has 0 saturated carbocycles. The fourth-order valence-corrected chi connectivity index (χ4v) is 4.94. The van der Waals surface area contributed by atoms with E-state index in [4.69, 9.17) is 16.3 Å². The number of carbonyl (C=O) groups is 1. The molecule has 0 spiro atoms. The van der Waals surface area contributed by atoms with Gasteiger partial charge < -0.3 is 10.1 Å². The number of ether oxygens (including phenoxy) is 1. The van der Waals surface area contributed by atoms with E-state index in [1.807, 2.05) is 18.2 Å². The molecule has 1 amide bonds. The topological polar surface area (TPSA) is 75.7 Å². The zero-order valence-corrected chi connectivity index (χ0v) is 18.7. The smallest absolute Gasteiger partial charge is 0.264 e. The molecule has 0 aromatic heterocycles. The molecule has 0 bridgehead atoms. The Morgan fingerprint density at radius 3 is 2.29 bits per heavy atom. The van der Waals surface area contributed by atoms with Crippen LogP contribution >= 0.6 is 11.6 Å². The number of halogens is 1. The van der Waals surface area contributed by atoms with Gasteiger partial charge in [0, 0.05) is 5.56 Å². The van der Waals surface area contributed by atoms with Crippen molar-refractivity contribution < 1.29 is 17.9 Å². The van der Waals surface area contributed by atoms with Crippen LogP contribution in [0.5, 0.6) is 5.75 Å². The molecule has 1 N–H and O–H groups in total. The summed E-state index contributed by atoms with van der Waals surface area (Å²) in [6.45, 7) is 1.38. The number of amides is 1. The van der Waals surface area contributed by atoms with Crippen molar-refractivity contribution in [2.75, 3.05) is 18.0 Å². The Kier molecular flexibility index (Phi) is 7.20. The van der Waals surface area contributed by atoms with Crippen LogP contribution in [0.1, 0.15) is 18.5 Å². The maximum atomic E-state index is 13.3. The molecular formula is C23H23ClN2O4S. The van der Waals surface area contributed by atoms with Crippen molar-refractivity contribution in [2.45, 2.75) is 17.9 Å². The summed E-state index contributed by atoms with van der Waals surface area (Å²) in [5, 5.41) is 3.08. The number of sulfonamides is 1. The summed E-state index contributed by atoms with van der Waals surface area (Å²) in [5.74, 6) is 0.160. The van der Waals surface area contributed by atoms with Gasteiger partial charge in [0.25, 0.3) is 10.0 Å². The lowest BCUT2D eigenvalue weighted by atomic mass is 10.1. The second-order valence-corrected chi connectivity index (χ2v) is 9.08. The molecule has 3 aromatic carbocycles. The van der Waals surface area contributed by atoms with Crippen molar-refractivity contribution >= 4 is 33.2 Å². The Hall–Kier alpha value is -3.03. The number of carbonyl (C=O) groups excluding carboxylic acids is 1. The van der Waals surface area contributed by atoms with E-state index in [0.717, 1.165) is 9.87 Å².